The zero-order valence-electron chi connectivity index (χ0n) is 17.4. The number of hydrogen-bond donors (Lipinski definition) is 0. The minimum absolute atomic E-state index is 0.0769. The van der Waals surface area contributed by atoms with Crippen molar-refractivity contribution in [3.05, 3.63) is 47.4 Å². The van der Waals surface area contributed by atoms with E-state index in [1.165, 1.54) is 11.8 Å². The van der Waals surface area contributed by atoms with Gasteiger partial charge in [-0.25, -0.2) is 0 Å². The molecule has 0 unspecified atom stereocenters. The van der Waals surface area contributed by atoms with Crippen molar-refractivity contribution in [3.8, 4) is 5.75 Å². The molecule has 0 atom stereocenters. The third-order valence-electron chi connectivity index (χ3n) is 5.42. The maximum atomic E-state index is 11.5. The standard InChI is InChI=1S/C22H27BO4S/c1-15(24)28-14-19(23-26-21(2,3)22(4,5)27-23)12-16-7-8-18-13-20(25-6)10-9-17(18)11-16/h7-13H,14H2,1-6H3. The van der Waals surface area contributed by atoms with Crippen LogP contribution in [0.3, 0.4) is 0 Å². The van der Waals surface area contributed by atoms with Gasteiger partial charge in [0.1, 0.15) is 5.75 Å². The summed E-state index contributed by atoms with van der Waals surface area (Å²) in [6.07, 6.45) is 2.07. The van der Waals surface area contributed by atoms with E-state index in [1.54, 1.807) is 14.0 Å². The number of rotatable bonds is 5. The van der Waals surface area contributed by atoms with E-state index in [4.69, 9.17) is 14.0 Å². The van der Waals surface area contributed by atoms with Crippen LogP contribution in [0.2, 0.25) is 0 Å². The molecule has 1 saturated heterocycles. The van der Waals surface area contributed by atoms with Gasteiger partial charge in [-0.05, 0) is 67.7 Å². The van der Waals surface area contributed by atoms with E-state index in [0.29, 0.717) is 5.75 Å². The Morgan fingerprint density at radius 1 is 1.07 bits per heavy atom. The largest absolute Gasteiger partial charge is 0.497 e. The van der Waals surface area contributed by atoms with Gasteiger partial charge in [-0.2, -0.15) is 0 Å². The number of ether oxygens (including phenoxy) is 1. The van der Waals surface area contributed by atoms with E-state index in [0.717, 1.165) is 27.6 Å². The average Bonchev–Trinajstić information content (AvgIpc) is 2.85. The zero-order valence-corrected chi connectivity index (χ0v) is 18.2. The molecule has 1 aliphatic heterocycles. The first-order valence-corrected chi connectivity index (χ1v) is 10.4. The van der Waals surface area contributed by atoms with E-state index in [1.807, 2.05) is 45.9 Å². The molecule has 0 N–H and O–H groups in total. The van der Waals surface area contributed by atoms with Gasteiger partial charge in [0.2, 0.25) is 0 Å². The molecule has 3 rings (SSSR count). The van der Waals surface area contributed by atoms with Crippen LogP contribution in [-0.2, 0) is 14.1 Å². The van der Waals surface area contributed by atoms with Crippen molar-refractivity contribution in [1.29, 1.82) is 0 Å². The summed E-state index contributed by atoms with van der Waals surface area (Å²) < 4.78 is 17.7. The van der Waals surface area contributed by atoms with Gasteiger partial charge in [0, 0.05) is 12.7 Å². The molecule has 0 aromatic heterocycles. The Balaban J connectivity index is 1.94. The lowest BCUT2D eigenvalue weighted by Gasteiger charge is -2.32. The third-order valence-corrected chi connectivity index (χ3v) is 6.31. The molecule has 0 spiro atoms. The fourth-order valence-corrected chi connectivity index (χ4v) is 3.62. The Morgan fingerprint density at radius 3 is 2.29 bits per heavy atom. The molecule has 1 fully saturated rings. The Labute approximate surface area is 171 Å². The highest BCUT2D eigenvalue weighted by molar-refractivity contribution is 8.13. The van der Waals surface area contributed by atoms with E-state index in [9.17, 15) is 4.79 Å². The van der Waals surface area contributed by atoms with Crippen molar-refractivity contribution in [2.45, 2.75) is 45.8 Å². The molecular formula is C22H27BO4S. The van der Waals surface area contributed by atoms with Crippen molar-refractivity contribution < 1.29 is 18.8 Å². The maximum absolute atomic E-state index is 11.5. The van der Waals surface area contributed by atoms with Crippen LogP contribution in [0.4, 0.5) is 0 Å². The fraction of sp³-hybridized carbons (Fsp3) is 0.409. The van der Waals surface area contributed by atoms with Crippen LogP contribution in [0.1, 0.15) is 40.2 Å². The second-order valence-electron chi connectivity index (χ2n) is 8.06. The lowest BCUT2D eigenvalue weighted by molar-refractivity contribution is -0.109. The summed E-state index contributed by atoms with van der Waals surface area (Å²) in [5, 5.41) is 2.32. The minimum atomic E-state index is -0.469. The van der Waals surface area contributed by atoms with Crippen LogP contribution < -0.4 is 4.74 Å². The summed E-state index contributed by atoms with van der Waals surface area (Å²) >= 11 is 1.27. The molecule has 0 saturated carbocycles. The Morgan fingerprint density at radius 2 is 1.68 bits per heavy atom. The minimum Gasteiger partial charge on any atom is -0.497 e. The zero-order chi connectivity index (χ0) is 20.5. The molecule has 28 heavy (non-hydrogen) atoms. The van der Waals surface area contributed by atoms with E-state index < -0.39 is 18.3 Å². The number of hydrogen-bond acceptors (Lipinski definition) is 5. The summed E-state index contributed by atoms with van der Waals surface area (Å²) in [5.41, 5.74) is 1.16. The molecule has 1 heterocycles. The lowest BCUT2D eigenvalue weighted by atomic mass is 9.78. The summed E-state index contributed by atoms with van der Waals surface area (Å²) in [4.78, 5) is 11.5. The van der Waals surface area contributed by atoms with Crippen molar-refractivity contribution in [3.63, 3.8) is 0 Å². The van der Waals surface area contributed by atoms with Crippen LogP contribution >= 0.6 is 11.8 Å². The number of fused-ring (bicyclic) bond motifs is 1. The van der Waals surface area contributed by atoms with Crippen molar-refractivity contribution in [1.82, 2.24) is 0 Å². The predicted molar refractivity (Wildman–Crippen MR) is 118 cm³/mol. The SMILES string of the molecule is COc1ccc2cc(C=C(CSC(C)=O)B3OC(C)(C)C(C)(C)O3)ccc2c1. The van der Waals surface area contributed by atoms with Crippen molar-refractivity contribution in [2.24, 2.45) is 0 Å². The second kappa shape index (κ2) is 7.93. The van der Waals surface area contributed by atoms with Gasteiger partial charge < -0.3 is 14.0 Å². The molecule has 6 heteroatoms. The van der Waals surface area contributed by atoms with Gasteiger partial charge in [-0.1, -0.05) is 36.0 Å². The Hall–Kier alpha value is -1.76. The molecule has 2 aromatic carbocycles. The van der Waals surface area contributed by atoms with Gasteiger partial charge in [0.05, 0.1) is 18.3 Å². The first kappa shape index (κ1) is 21.0. The van der Waals surface area contributed by atoms with Crippen molar-refractivity contribution in [2.75, 3.05) is 12.9 Å². The van der Waals surface area contributed by atoms with E-state index >= 15 is 0 Å². The predicted octanol–water partition coefficient (Wildman–Crippen LogP) is 5.14. The molecule has 148 valence electrons. The molecular weight excluding hydrogens is 371 g/mol. The average molecular weight is 398 g/mol. The molecule has 0 radical (unpaired) electrons. The second-order valence-corrected chi connectivity index (χ2v) is 9.21. The summed E-state index contributed by atoms with van der Waals surface area (Å²) in [6.45, 7) is 9.71. The molecule has 1 aliphatic rings. The molecule has 2 aromatic rings. The van der Waals surface area contributed by atoms with Crippen LogP contribution in [0.5, 0.6) is 5.75 Å². The molecule has 4 nitrogen and oxygen atoms in total. The van der Waals surface area contributed by atoms with E-state index in [-0.39, 0.29) is 5.12 Å². The van der Waals surface area contributed by atoms with Gasteiger partial charge in [0.15, 0.2) is 5.12 Å². The number of benzene rings is 2. The molecule has 0 aliphatic carbocycles. The highest BCUT2D eigenvalue weighted by atomic mass is 32.2. The molecule has 0 bridgehead atoms. The summed E-state index contributed by atoms with van der Waals surface area (Å²) in [7, 11) is 1.20. The number of methoxy groups -OCH3 is 1. The van der Waals surface area contributed by atoms with Gasteiger partial charge in [-0.3, -0.25) is 4.79 Å². The lowest BCUT2D eigenvalue weighted by Crippen LogP contribution is -2.41. The van der Waals surface area contributed by atoms with Crippen LogP contribution in [0.25, 0.3) is 16.8 Å². The van der Waals surface area contributed by atoms with Gasteiger partial charge in [-0.15, -0.1) is 0 Å². The van der Waals surface area contributed by atoms with Gasteiger partial charge in [0.25, 0.3) is 0 Å². The van der Waals surface area contributed by atoms with Crippen LogP contribution in [0.15, 0.2) is 41.9 Å². The Kier molecular flexibility index (Phi) is 5.94. The van der Waals surface area contributed by atoms with Gasteiger partial charge >= 0.3 is 7.12 Å². The third kappa shape index (κ3) is 4.45. The maximum Gasteiger partial charge on any atom is 0.491 e. The van der Waals surface area contributed by atoms with Crippen molar-refractivity contribution >= 4 is 40.8 Å². The van der Waals surface area contributed by atoms with E-state index in [2.05, 4.69) is 24.3 Å². The molecule has 0 amide bonds. The Bertz CT molecular complexity index is 904. The number of carbonyl (C=O) groups is 1. The highest BCUT2D eigenvalue weighted by Gasteiger charge is 2.52. The smallest absolute Gasteiger partial charge is 0.491 e. The number of carbonyl (C=O) groups excluding carboxylic acids is 1. The van der Waals surface area contributed by atoms with Crippen LogP contribution in [-0.4, -0.2) is 36.3 Å². The van der Waals surface area contributed by atoms with Crippen LogP contribution in [0, 0.1) is 0 Å². The quantitative estimate of drug-likeness (QED) is 0.653. The fourth-order valence-electron chi connectivity index (χ4n) is 3.03. The summed E-state index contributed by atoms with van der Waals surface area (Å²) in [5.74, 6) is 1.37. The monoisotopic (exact) mass is 398 g/mol. The first-order valence-electron chi connectivity index (χ1n) is 9.38. The normalized spacial score (nSPS) is 18.5. The highest BCUT2D eigenvalue weighted by Crippen LogP contribution is 2.39. The topological polar surface area (TPSA) is 44.8 Å². The first-order chi connectivity index (χ1) is 13.1. The number of thioether (sulfide) groups is 1. The summed E-state index contributed by atoms with van der Waals surface area (Å²) in [6, 6.07) is 12.3.